The monoisotopic (exact) mass is 1450 g/mol. The Morgan fingerprint density at radius 3 is 1.34 bits per heavy atom. The highest BCUT2D eigenvalue weighted by Crippen LogP contribution is 2.41. The molecule has 0 unspecified atom stereocenters. The van der Waals surface area contributed by atoms with Gasteiger partial charge in [-0.25, -0.2) is 0 Å². The second-order valence-electron chi connectivity index (χ2n) is 23.0. The molecule has 100 heavy (non-hydrogen) atoms. The minimum atomic E-state index is -4.59. The molecule has 10 rings (SSSR count). The summed E-state index contributed by atoms with van der Waals surface area (Å²) in [6.07, 6.45) is 8.50. The molecule has 0 bridgehead atoms. The van der Waals surface area contributed by atoms with Crippen LogP contribution in [-0.2, 0) is 45.2 Å². The molecule has 32 heteroatoms. The first-order valence-corrected chi connectivity index (χ1v) is 37.9. The number of ketones is 2. The lowest BCUT2D eigenvalue weighted by molar-refractivity contribution is -0.120. The van der Waals surface area contributed by atoms with Crippen molar-refractivity contribution in [1.29, 1.82) is 0 Å². The second-order valence-corrected chi connectivity index (χ2v) is 28.8. The van der Waals surface area contributed by atoms with Gasteiger partial charge in [0.1, 0.15) is 23.0 Å². The Balaban J connectivity index is 1.01. The molecule has 6 N–H and O–H groups in total. The zero-order valence-corrected chi connectivity index (χ0v) is 59.8. The molecule has 27 nitrogen and oxygen atoms in total. The minimum Gasteiger partial charge on any atom is -0.372 e. The van der Waals surface area contributed by atoms with Gasteiger partial charge in [-0.3, -0.25) is 28.3 Å². The van der Waals surface area contributed by atoms with E-state index in [0.29, 0.717) is 107 Å². The fraction of sp³-hybridized carbons (Fsp3) is 0.309. The van der Waals surface area contributed by atoms with Crippen LogP contribution in [0.3, 0.4) is 0 Å². The van der Waals surface area contributed by atoms with Crippen molar-refractivity contribution < 1.29 is 45.1 Å². The van der Waals surface area contributed by atoms with E-state index in [0.717, 1.165) is 90.3 Å². The topological polar surface area (TPSA) is 352 Å². The van der Waals surface area contributed by atoms with Gasteiger partial charge in [0.2, 0.25) is 22.2 Å². The first-order valence-electron chi connectivity index (χ1n) is 32.4. The van der Waals surface area contributed by atoms with Gasteiger partial charge < -0.3 is 40.9 Å². The maximum absolute atomic E-state index is 13.8. The van der Waals surface area contributed by atoms with E-state index in [1.165, 1.54) is 74.2 Å². The average molecular weight is 1450 g/mol. The maximum Gasteiger partial charge on any atom is 0.294 e. The molecule has 5 heterocycles. The quantitative estimate of drug-likeness (QED) is 0.00633. The van der Waals surface area contributed by atoms with Gasteiger partial charge >= 0.3 is 0 Å². The molecule has 2 aliphatic heterocycles. The minimum absolute atomic E-state index is 0.0467. The molecular formula is C68H75N17O10S5. The van der Waals surface area contributed by atoms with Crippen LogP contribution in [0.15, 0.2) is 162 Å². The van der Waals surface area contributed by atoms with Gasteiger partial charge in [-0.05, 0) is 171 Å². The molecule has 522 valence electrons. The van der Waals surface area contributed by atoms with Crippen LogP contribution in [0.4, 0.5) is 79.3 Å². The fourth-order valence-corrected chi connectivity index (χ4v) is 14.6. The van der Waals surface area contributed by atoms with Crippen molar-refractivity contribution in [3.63, 3.8) is 0 Å². The van der Waals surface area contributed by atoms with Crippen LogP contribution in [0.2, 0.25) is 0 Å². The third kappa shape index (κ3) is 19.2. The molecule has 2 amide bonds. The molecular weight excluding hydrogens is 1380 g/mol. The Bertz CT molecular complexity index is 4410. The number of hydrogen-bond donors (Lipinski definition) is 6. The normalized spacial score (nSPS) is 14.0. The van der Waals surface area contributed by atoms with Crippen molar-refractivity contribution in [2.24, 2.45) is 20.5 Å². The predicted molar refractivity (Wildman–Crippen MR) is 394 cm³/mol. The molecule has 5 aromatic carbocycles. The average Bonchev–Trinajstić information content (AvgIpc) is 1.53. The highest BCUT2D eigenvalue weighted by molar-refractivity contribution is 7.98. The number of thioether (sulfide) groups is 1. The van der Waals surface area contributed by atoms with Crippen LogP contribution in [0, 0.1) is 0 Å². The first-order chi connectivity index (χ1) is 48.0. The lowest BCUT2D eigenvalue weighted by Crippen LogP contribution is -2.30. The van der Waals surface area contributed by atoms with Gasteiger partial charge in [-0.1, -0.05) is 76.9 Å². The number of anilines is 10. The lowest BCUT2D eigenvalue weighted by Gasteiger charge is -2.27. The number of rotatable bonds is 29. The van der Waals surface area contributed by atoms with E-state index >= 15 is 0 Å². The summed E-state index contributed by atoms with van der Waals surface area (Å²) in [6.45, 7) is 16.2. The Morgan fingerprint density at radius 1 is 0.530 bits per heavy atom. The zero-order valence-electron chi connectivity index (χ0n) is 55.7. The number of amides is 2. The van der Waals surface area contributed by atoms with Crippen LogP contribution >= 0.6 is 34.4 Å². The van der Waals surface area contributed by atoms with Gasteiger partial charge in [0.15, 0.2) is 16.7 Å². The van der Waals surface area contributed by atoms with E-state index < -0.39 is 53.4 Å². The number of piperidine rings is 2. The summed E-state index contributed by atoms with van der Waals surface area (Å²) in [5.74, 6) is -0.894. The van der Waals surface area contributed by atoms with Gasteiger partial charge in [-0.2, -0.15) is 41.8 Å². The third-order valence-electron chi connectivity index (χ3n) is 16.2. The Labute approximate surface area is 592 Å². The van der Waals surface area contributed by atoms with Crippen LogP contribution < -0.4 is 40.9 Å². The van der Waals surface area contributed by atoms with E-state index in [1.54, 1.807) is 0 Å². The number of carbonyl (C=O) groups excluding carboxylic acids is 4. The molecule has 0 aliphatic carbocycles. The van der Waals surface area contributed by atoms with Crippen LogP contribution in [0.1, 0.15) is 95.4 Å². The van der Waals surface area contributed by atoms with E-state index in [1.807, 2.05) is 66.7 Å². The molecule has 0 radical (unpaired) electrons. The van der Waals surface area contributed by atoms with Gasteiger partial charge in [0.25, 0.3) is 32.1 Å². The highest BCUT2D eigenvalue weighted by atomic mass is 32.2. The maximum atomic E-state index is 13.8. The SMILES string of the molecule is CCN(CC)c1ccc(N=Nc2nc(N3CCCCC3)c(/C=C(/C(C)=O)C(=O)Nc3cccc(S(=O)(=O)O)c3)s2)c(Nc2nc(Nc3cc(N(CC)CC)ccc3N=Nc3nc(N4CCCCC4)c(/C=C(\C(C)=O)C(=O)Nc4cccc(S(=O)(=O)O)c4)s3)nc(SCc3ccccc3)n2)c1. The van der Waals surface area contributed by atoms with Crippen LogP contribution in [-0.4, -0.2) is 127 Å². The zero-order chi connectivity index (χ0) is 71.1. The van der Waals surface area contributed by atoms with Gasteiger partial charge in [0, 0.05) is 80.9 Å². The van der Waals surface area contributed by atoms with E-state index in [-0.39, 0.29) is 44.7 Å². The predicted octanol–water partition coefficient (Wildman–Crippen LogP) is 14.8. The number of nitrogens with zero attached hydrogens (tertiary/aromatic N) is 13. The molecule has 2 fully saturated rings. The Morgan fingerprint density at radius 2 is 0.950 bits per heavy atom. The first kappa shape index (κ1) is 73.0. The Hall–Kier alpha value is -9.70. The van der Waals surface area contributed by atoms with Crippen molar-refractivity contribution in [3.05, 3.63) is 142 Å². The van der Waals surface area contributed by atoms with Crippen LogP contribution in [0.5, 0.6) is 0 Å². The highest BCUT2D eigenvalue weighted by Gasteiger charge is 2.26. The summed E-state index contributed by atoms with van der Waals surface area (Å²) < 4.78 is 67.0. The summed E-state index contributed by atoms with van der Waals surface area (Å²) in [6, 6.07) is 31.4. The van der Waals surface area contributed by atoms with Crippen molar-refractivity contribution in [3.8, 4) is 0 Å². The van der Waals surface area contributed by atoms with Gasteiger partial charge in [-0.15, -0.1) is 20.5 Å². The number of thiazole rings is 2. The Kier molecular flexibility index (Phi) is 24.4. The molecule has 0 spiro atoms. The summed E-state index contributed by atoms with van der Waals surface area (Å²) in [7, 11) is -9.17. The molecule has 8 aromatic rings. The van der Waals surface area contributed by atoms with E-state index in [2.05, 4.69) is 78.8 Å². The smallest absolute Gasteiger partial charge is 0.294 e. The van der Waals surface area contributed by atoms with Crippen LogP contribution in [0.25, 0.3) is 12.2 Å². The molecule has 2 aliphatic rings. The number of hydrogen-bond acceptors (Lipinski definition) is 26. The molecule has 0 atom stereocenters. The van der Waals surface area contributed by atoms with E-state index in [9.17, 15) is 45.1 Å². The number of carbonyl (C=O) groups is 4. The number of azo groups is 2. The van der Waals surface area contributed by atoms with Crippen molar-refractivity contribution in [2.75, 3.05) is 93.2 Å². The molecule has 3 aromatic heterocycles. The summed E-state index contributed by atoms with van der Waals surface area (Å²) in [5, 5.41) is 31.9. The number of nitrogens with one attached hydrogen (secondary N) is 4. The second kappa shape index (κ2) is 33.4. The number of Topliss-reactive ketones (excluding diaryl/α,β-unsaturated/α-hetero) is 2. The lowest BCUT2D eigenvalue weighted by atomic mass is 10.1. The third-order valence-corrected chi connectivity index (χ3v) is 20.5. The largest absolute Gasteiger partial charge is 0.372 e. The molecule has 0 saturated carbocycles. The summed E-state index contributed by atoms with van der Waals surface area (Å²) >= 11 is 3.65. The number of aromatic nitrogens is 5. The van der Waals surface area contributed by atoms with E-state index in [4.69, 9.17) is 35.1 Å². The molecule has 2 saturated heterocycles. The fourth-order valence-electron chi connectivity index (χ4n) is 11.0. The van der Waals surface area contributed by atoms with Crippen molar-refractivity contribution in [2.45, 2.75) is 101 Å². The van der Waals surface area contributed by atoms with Crippen molar-refractivity contribution in [1.82, 2.24) is 24.9 Å². The summed E-state index contributed by atoms with van der Waals surface area (Å²) in [5.41, 5.74) is 4.13. The summed E-state index contributed by atoms with van der Waals surface area (Å²) in [4.78, 5) is 87.5. The van der Waals surface area contributed by atoms with Crippen molar-refractivity contribution >= 4 is 169 Å². The van der Waals surface area contributed by atoms with Gasteiger partial charge in [0.05, 0.1) is 42.1 Å². The number of benzene rings is 5. The standard InChI is InChI=1S/C68H75N17O10S5/c1-7-82(8-2)48-28-30-54(78-80-67-73-60(84-32-16-12-17-33-84)58(97-67)40-52(43(5)86)62(88)69-46-24-20-26-50(36-46)99(90,91)92)56(38-48)71-64-75-65(77-66(76-64)96-42-45-22-14-11-15-23-45)72-57-39-49(83(9-3)10-4)29-31-55(57)79-81-68-74-61(85-34-18-13-19-35-85)59(98-68)41-53(44(6)87)63(89)70-47-25-21-27-51(37-47)100(93,94)95/h11,14-15,20-31,36-41H,7-10,12-13,16-19,32-35,42H2,1-6H3,(H,69,88)(H,70,89)(H,90,91,92)(H,93,94,95)(H2,71,72,75,76,77)/b52-40-,53-41+,80-78?,81-79?.